The Bertz CT molecular complexity index is 4390. The zero-order valence-corrected chi connectivity index (χ0v) is 59.4. The number of pyridine rings is 4. The minimum absolute atomic E-state index is 0. The number of hydrogen-bond acceptors (Lipinski definition) is 16. The largest absolute Gasteiger partial charge is 0.351 e. The number of hydrogen-bond donors (Lipinski definition) is 0. The second-order valence-electron chi connectivity index (χ2n) is 25.8. The average Bonchev–Trinajstić information content (AvgIpc) is 1.62. The topological polar surface area (TPSA) is 110 Å². The molecular weight excluding hydrogens is 1290 g/mol. The van der Waals surface area contributed by atoms with E-state index < -0.39 is 0 Å². The molecule has 0 fully saturated rings. The van der Waals surface area contributed by atoms with E-state index in [0.29, 0.717) is 0 Å². The van der Waals surface area contributed by atoms with E-state index in [9.17, 15) is 0 Å². The van der Waals surface area contributed by atoms with Gasteiger partial charge >= 0.3 is 0 Å². The van der Waals surface area contributed by atoms with Crippen molar-refractivity contribution in [3.05, 3.63) is 296 Å². The summed E-state index contributed by atoms with van der Waals surface area (Å²) in [7, 11) is 6.26. The van der Waals surface area contributed by atoms with Crippen LogP contribution in [0.4, 0.5) is 97.5 Å². The Hall–Kier alpha value is -11.8. The molecule has 17 rings (SSSR count). The molecule has 5 aliphatic heterocycles. The summed E-state index contributed by atoms with van der Waals surface area (Å²) in [5.41, 5.74) is 19.5. The SMILES string of the molecule is C.C.C.C.C.Cc1ccccc1N1c2cccnc2N(C)C1C.Cc1ccccc1N1c2cccnc2N(c2ccccc2)C1C.Cc1ccccc1N1c2ncccc2N(C)C1C.Cc1ccccc1N1c2ncccc2N(c2ccccc2)C1C.Cc1ccccc1N1c2nccnc2N(C)C1C. The zero-order chi connectivity index (χ0) is 69.7. The molecule has 5 aliphatic rings. The third-order valence-electron chi connectivity index (χ3n) is 19.7. The van der Waals surface area contributed by atoms with Gasteiger partial charge in [0.15, 0.2) is 34.9 Å². The lowest BCUT2D eigenvalue weighted by Gasteiger charge is -2.30. The van der Waals surface area contributed by atoms with Crippen LogP contribution in [0.1, 0.15) is 99.6 Å². The Morgan fingerprint density at radius 3 is 0.876 bits per heavy atom. The summed E-state index contributed by atoms with van der Waals surface area (Å²) in [5.74, 6) is 5.98. The molecule has 16 nitrogen and oxygen atoms in total. The molecule has 105 heavy (non-hydrogen) atoms. The van der Waals surface area contributed by atoms with Gasteiger partial charge in [0.2, 0.25) is 0 Å². The second-order valence-corrected chi connectivity index (χ2v) is 25.8. The molecule has 5 aromatic heterocycles. The van der Waals surface area contributed by atoms with Gasteiger partial charge in [0.05, 0.1) is 22.7 Å². The third kappa shape index (κ3) is 15.2. The first-order chi connectivity index (χ1) is 48.6. The molecule has 0 amide bonds. The summed E-state index contributed by atoms with van der Waals surface area (Å²) in [6, 6.07) is 79.8. The van der Waals surface area contributed by atoms with Crippen molar-refractivity contribution in [3.8, 4) is 0 Å². The van der Waals surface area contributed by atoms with Gasteiger partial charge in [0.1, 0.15) is 30.8 Å². The molecule has 0 spiro atoms. The monoisotopic (exact) mass is 1400 g/mol. The second kappa shape index (κ2) is 34.5. The first kappa shape index (κ1) is 78.9. The molecule has 7 aromatic carbocycles. The van der Waals surface area contributed by atoms with E-state index in [2.05, 4.69) is 363 Å². The Kier molecular flexibility index (Phi) is 25.9. The smallest absolute Gasteiger partial charge is 0.178 e. The Balaban J connectivity index is 0.000000165. The van der Waals surface area contributed by atoms with Crippen LogP contribution in [0.3, 0.4) is 0 Å². The highest BCUT2D eigenvalue weighted by Gasteiger charge is 2.40. The number of aromatic nitrogens is 6. The molecule has 0 radical (unpaired) electrons. The lowest BCUT2D eigenvalue weighted by atomic mass is 10.1. The van der Waals surface area contributed by atoms with E-state index in [-0.39, 0.29) is 68.0 Å². The van der Waals surface area contributed by atoms with Crippen LogP contribution in [-0.2, 0) is 0 Å². The van der Waals surface area contributed by atoms with Crippen molar-refractivity contribution in [3.63, 3.8) is 0 Å². The van der Waals surface area contributed by atoms with Crippen molar-refractivity contribution in [2.45, 2.75) is 137 Å². The van der Waals surface area contributed by atoms with E-state index in [1.54, 1.807) is 12.4 Å². The molecule has 5 atom stereocenters. The van der Waals surface area contributed by atoms with Crippen LogP contribution in [0.15, 0.2) is 268 Å². The van der Waals surface area contributed by atoms with Crippen molar-refractivity contribution in [2.75, 3.05) is 70.1 Å². The predicted molar refractivity (Wildman–Crippen MR) is 449 cm³/mol. The normalized spacial score (nSPS) is 16.5. The Morgan fingerprint density at radius 2 is 0.448 bits per heavy atom. The number of aryl methyl sites for hydroxylation is 5. The molecule has 0 saturated carbocycles. The van der Waals surface area contributed by atoms with Gasteiger partial charge in [0, 0.05) is 98.1 Å². The summed E-state index contributed by atoms with van der Waals surface area (Å²) < 4.78 is 0. The van der Waals surface area contributed by atoms with Gasteiger partial charge in [0.25, 0.3) is 0 Å². The first-order valence-electron chi connectivity index (χ1n) is 34.4. The minimum Gasteiger partial charge on any atom is -0.351 e. The highest BCUT2D eigenvalue weighted by molar-refractivity contribution is 5.89. The number of benzene rings is 7. The summed E-state index contributed by atoms with van der Waals surface area (Å²) in [5, 5.41) is 0. The van der Waals surface area contributed by atoms with E-state index in [4.69, 9.17) is 0 Å². The maximum absolute atomic E-state index is 4.67. The van der Waals surface area contributed by atoms with E-state index >= 15 is 0 Å². The van der Waals surface area contributed by atoms with Gasteiger partial charge in [-0.15, -0.1) is 0 Å². The molecule has 0 bridgehead atoms. The Morgan fingerprint density at radius 1 is 0.200 bits per heavy atom. The van der Waals surface area contributed by atoms with Crippen molar-refractivity contribution in [1.29, 1.82) is 0 Å². The first-order valence-corrected chi connectivity index (χ1v) is 34.4. The molecule has 544 valence electrons. The zero-order valence-electron chi connectivity index (χ0n) is 59.4. The standard InChI is InChI=1S/2C20H19N3.2C15H17N3.C14H16N4.5CH4/c1-15-9-6-7-12-18(15)23-16(2)22(17-10-4-3-5-11-17)20-19(23)13-8-14-21-20;1-15-9-6-7-12-18(15)23-16(2)22(17-10-4-3-5-11-17)19-13-8-14-21-20(19)23;1-11-7-4-5-8-13(11)18-12(2)17(3)15-14(18)9-6-10-16-15;1-11-7-4-5-8-13(11)18-12(2)17(3)14-9-6-10-16-15(14)18;1-10-6-4-5-7-12(10)18-11(2)17(3)13-14(18)16-9-8-15-13;;;;;/h2*3-14,16H,1-2H3;2*4-10,12H,1-3H3;4-9,11H,1-3H3;5*1H4. The predicted octanol–water partition coefficient (Wildman–Crippen LogP) is 22.6. The van der Waals surface area contributed by atoms with Crippen LogP contribution >= 0.6 is 0 Å². The maximum Gasteiger partial charge on any atom is 0.178 e. The van der Waals surface area contributed by atoms with Gasteiger partial charge in [-0.2, -0.15) is 0 Å². The number of rotatable bonds is 7. The van der Waals surface area contributed by atoms with Gasteiger partial charge in [-0.3, -0.25) is 0 Å². The molecule has 12 aromatic rings. The fourth-order valence-electron chi connectivity index (χ4n) is 14.2. The number of anilines is 17. The van der Waals surface area contributed by atoms with Crippen molar-refractivity contribution < 1.29 is 0 Å². The fraction of sp³-hybridized carbons (Fsp3) is 0.258. The van der Waals surface area contributed by atoms with Gasteiger partial charge < -0.3 is 49.0 Å². The maximum atomic E-state index is 4.67. The van der Waals surface area contributed by atoms with Crippen LogP contribution in [0.5, 0.6) is 0 Å². The molecule has 0 saturated heterocycles. The van der Waals surface area contributed by atoms with Crippen molar-refractivity contribution in [1.82, 2.24) is 29.9 Å². The van der Waals surface area contributed by atoms with Crippen LogP contribution in [0, 0.1) is 34.6 Å². The summed E-state index contributed by atoms with van der Waals surface area (Å²) in [4.78, 5) is 50.1. The molecule has 10 heterocycles. The minimum atomic E-state index is 0. The summed E-state index contributed by atoms with van der Waals surface area (Å²) >= 11 is 0. The van der Waals surface area contributed by atoms with Crippen LogP contribution in [0.25, 0.3) is 0 Å². The van der Waals surface area contributed by atoms with E-state index in [0.717, 1.165) is 52.0 Å². The van der Waals surface area contributed by atoms with Crippen LogP contribution in [-0.4, -0.2) is 81.9 Å². The third-order valence-corrected chi connectivity index (χ3v) is 19.7. The Labute approximate surface area is 626 Å². The lowest BCUT2D eigenvalue weighted by molar-refractivity contribution is 0.726. The lowest BCUT2D eigenvalue weighted by Crippen LogP contribution is -2.36. The molecular formula is C89H108N16. The number of fused-ring (bicyclic) bond motifs is 5. The van der Waals surface area contributed by atoms with Gasteiger partial charge in [-0.1, -0.05) is 165 Å². The van der Waals surface area contributed by atoms with Crippen molar-refractivity contribution >= 4 is 97.5 Å². The summed E-state index contributed by atoms with van der Waals surface area (Å²) in [6.45, 7) is 21.7. The van der Waals surface area contributed by atoms with Crippen LogP contribution in [0.2, 0.25) is 0 Å². The van der Waals surface area contributed by atoms with Gasteiger partial charge in [-0.05, 0) is 200 Å². The molecule has 5 unspecified atom stereocenters. The molecule has 16 heteroatoms. The average molecular weight is 1400 g/mol. The number of para-hydroxylation sites is 7. The fourth-order valence-corrected chi connectivity index (χ4v) is 14.2. The summed E-state index contributed by atoms with van der Waals surface area (Å²) in [6.07, 6.45) is 12.1. The van der Waals surface area contributed by atoms with Crippen molar-refractivity contribution in [2.24, 2.45) is 0 Å². The highest BCUT2D eigenvalue weighted by atomic mass is 15.5. The van der Waals surface area contributed by atoms with E-state index in [1.807, 2.05) is 61.2 Å². The quantitative estimate of drug-likeness (QED) is 0.151. The van der Waals surface area contributed by atoms with Gasteiger partial charge in [-0.25, -0.2) is 29.9 Å². The highest BCUT2D eigenvalue weighted by Crippen LogP contribution is 2.50. The van der Waals surface area contributed by atoms with Crippen LogP contribution < -0.4 is 49.0 Å². The van der Waals surface area contributed by atoms with E-state index in [1.165, 1.54) is 73.3 Å². The molecule has 0 N–H and O–H groups in total. The molecule has 0 aliphatic carbocycles. The number of nitrogens with zero attached hydrogens (tertiary/aromatic N) is 16.